The van der Waals surface area contributed by atoms with Gasteiger partial charge >= 0.3 is 0 Å². The van der Waals surface area contributed by atoms with Gasteiger partial charge in [-0.3, -0.25) is 0 Å². The highest BCUT2D eigenvalue weighted by Gasteiger charge is 2.12. The van der Waals surface area contributed by atoms with Crippen LogP contribution in [-0.4, -0.2) is 13.7 Å². The maximum Gasteiger partial charge on any atom is 0.119 e. The molecular weight excluding hydrogens is 258 g/mol. The van der Waals surface area contributed by atoms with Crippen molar-refractivity contribution in [1.82, 2.24) is 5.32 Å². The molecule has 0 bridgehead atoms. The summed E-state index contributed by atoms with van der Waals surface area (Å²) in [6, 6.07) is 16.1. The molecule has 0 saturated carbocycles. The lowest BCUT2D eigenvalue weighted by atomic mass is 9.99. The van der Waals surface area contributed by atoms with Crippen LogP contribution in [0.25, 0.3) is 0 Å². The third-order valence-electron chi connectivity index (χ3n) is 2.97. The molecule has 0 saturated heterocycles. The van der Waals surface area contributed by atoms with Crippen molar-refractivity contribution in [2.45, 2.75) is 13.0 Å². The highest BCUT2D eigenvalue weighted by molar-refractivity contribution is 6.30. The average molecular weight is 276 g/mol. The zero-order chi connectivity index (χ0) is 13.7. The lowest BCUT2D eigenvalue weighted by molar-refractivity contribution is 0.339. The van der Waals surface area contributed by atoms with E-state index in [1.807, 2.05) is 44.3 Å². The Bertz CT molecular complexity index is 542. The fourth-order valence-electron chi connectivity index (χ4n) is 2.16. The summed E-state index contributed by atoms with van der Waals surface area (Å²) in [5.74, 6) is 0.891. The number of hydrogen-bond acceptors (Lipinski definition) is 2. The molecular formula is C16H18ClNO. The van der Waals surface area contributed by atoms with Crippen LogP contribution in [0.2, 0.25) is 5.02 Å². The van der Waals surface area contributed by atoms with Crippen molar-refractivity contribution >= 4 is 11.6 Å². The van der Waals surface area contributed by atoms with Gasteiger partial charge in [-0.2, -0.15) is 0 Å². The summed E-state index contributed by atoms with van der Waals surface area (Å²) in [5.41, 5.74) is 2.30. The molecule has 0 heterocycles. The third-order valence-corrected chi connectivity index (χ3v) is 3.21. The monoisotopic (exact) mass is 275 g/mol. The number of ether oxygens (including phenoxy) is 1. The molecule has 0 aromatic heterocycles. The topological polar surface area (TPSA) is 21.3 Å². The second-order valence-corrected chi connectivity index (χ2v) is 4.72. The van der Waals surface area contributed by atoms with Gasteiger partial charge in [-0.05, 0) is 49.4 Å². The van der Waals surface area contributed by atoms with E-state index in [9.17, 15) is 0 Å². The normalized spacial score (nSPS) is 12.2. The van der Waals surface area contributed by atoms with Gasteiger partial charge in [0.2, 0.25) is 0 Å². The van der Waals surface area contributed by atoms with E-state index in [0.29, 0.717) is 6.61 Å². The maximum atomic E-state index is 6.06. The first kappa shape index (κ1) is 13.9. The number of hydrogen-bond donors (Lipinski definition) is 1. The van der Waals surface area contributed by atoms with Crippen molar-refractivity contribution in [2.24, 2.45) is 0 Å². The van der Waals surface area contributed by atoms with Crippen LogP contribution in [-0.2, 0) is 0 Å². The van der Waals surface area contributed by atoms with E-state index in [4.69, 9.17) is 16.3 Å². The Labute approximate surface area is 119 Å². The first-order chi connectivity index (χ1) is 9.24. The molecule has 1 atom stereocenters. The predicted octanol–water partition coefficient (Wildman–Crippen LogP) is 4.05. The Morgan fingerprint density at radius 3 is 2.42 bits per heavy atom. The minimum absolute atomic E-state index is 0.110. The highest BCUT2D eigenvalue weighted by Crippen LogP contribution is 2.26. The van der Waals surface area contributed by atoms with Gasteiger partial charge in [0.25, 0.3) is 0 Å². The molecule has 0 aliphatic heterocycles. The first-order valence-corrected chi connectivity index (χ1v) is 6.78. The lowest BCUT2D eigenvalue weighted by Gasteiger charge is -2.18. The van der Waals surface area contributed by atoms with Gasteiger partial charge in [0.1, 0.15) is 5.75 Å². The molecule has 0 spiro atoms. The summed E-state index contributed by atoms with van der Waals surface area (Å²) >= 11 is 6.06. The van der Waals surface area contributed by atoms with Gasteiger partial charge in [0, 0.05) is 5.02 Å². The van der Waals surface area contributed by atoms with Crippen LogP contribution in [0.15, 0.2) is 48.5 Å². The molecule has 2 nitrogen and oxygen atoms in total. The molecule has 0 aliphatic carbocycles. The first-order valence-electron chi connectivity index (χ1n) is 6.40. The van der Waals surface area contributed by atoms with E-state index in [0.717, 1.165) is 21.9 Å². The molecule has 100 valence electrons. The summed E-state index contributed by atoms with van der Waals surface area (Å²) in [4.78, 5) is 0. The molecule has 2 rings (SSSR count). The molecule has 1 unspecified atom stereocenters. The van der Waals surface area contributed by atoms with Crippen molar-refractivity contribution in [3.05, 3.63) is 64.7 Å². The molecule has 3 heteroatoms. The van der Waals surface area contributed by atoms with Gasteiger partial charge in [-0.25, -0.2) is 0 Å². The van der Waals surface area contributed by atoms with Gasteiger partial charge in [-0.1, -0.05) is 35.9 Å². The summed E-state index contributed by atoms with van der Waals surface area (Å²) < 4.78 is 5.55. The second-order valence-electron chi connectivity index (χ2n) is 4.28. The summed E-state index contributed by atoms with van der Waals surface area (Å²) in [7, 11) is 1.94. The van der Waals surface area contributed by atoms with Crippen LogP contribution in [0.5, 0.6) is 5.75 Å². The van der Waals surface area contributed by atoms with Crippen molar-refractivity contribution in [1.29, 1.82) is 0 Å². The minimum Gasteiger partial charge on any atom is -0.494 e. The van der Waals surface area contributed by atoms with E-state index < -0.39 is 0 Å². The van der Waals surface area contributed by atoms with E-state index >= 15 is 0 Å². The number of halogens is 1. The van der Waals surface area contributed by atoms with Crippen LogP contribution >= 0.6 is 11.6 Å². The predicted molar refractivity (Wildman–Crippen MR) is 80.0 cm³/mol. The standard InChI is InChI=1S/C16H18ClNO/c1-3-19-15-9-5-7-13(11-15)16(18-2)12-6-4-8-14(17)10-12/h4-11,16,18H,3H2,1-2H3. The van der Waals surface area contributed by atoms with Gasteiger partial charge in [-0.15, -0.1) is 0 Å². The van der Waals surface area contributed by atoms with Gasteiger partial charge in [0.05, 0.1) is 12.6 Å². The molecule has 1 N–H and O–H groups in total. The lowest BCUT2D eigenvalue weighted by Crippen LogP contribution is -2.17. The van der Waals surface area contributed by atoms with Crippen molar-refractivity contribution in [3.8, 4) is 5.75 Å². The quantitative estimate of drug-likeness (QED) is 0.889. The molecule has 0 aliphatic rings. The van der Waals surface area contributed by atoms with Crippen LogP contribution in [0.3, 0.4) is 0 Å². The Morgan fingerprint density at radius 1 is 1.11 bits per heavy atom. The number of nitrogens with one attached hydrogen (secondary N) is 1. The van der Waals surface area contributed by atoms with E-state index in [1.165, 1.54) is 0 Å². The second kappa shape index (κ2) is 6.60. The van der Waals surface area contributed by atoms with Crippen LogP contribution in [0, 0.1) is 0 Å². The average Bonchev–Trinajstić information content (AvgIpc) is 2.41. The van der Waals surface area contributed by atoms with Crippen LogP contribution < -0.4 is 10.1 Å². The van der Waals surface area contributed by atoms with Gasteiger partial charge in [0.15, 0.2) is 0 Å². The molecule has 19 heavy (non-hydrogen) atoms. The molecule has 2 aromatic rings. The Kier molecular flexibility index (Phi) is 4.83. The zero-order valence-electron chi connectivity index (χ0n) is 11.2. The Balaban J connectivity index is 2.33. The van der Waals surface area contributed by atoms with E-state index in [1.54, 1.807) is 0 Å². The van der Waals surface area contributed by atoms with E-state index in [-0.39, 0.29) is 6.04 Å². The van der Waals surface area contributed by atoms with Crippen molar-refractivity contribution in [2.75, 3.05) is 13.7 Å². The molecule has 0 radical (unpaired) electrons. The Morgan fingerprint density at radius 2 is 1.79 bits per heavy atom. The van der Waals surface area contributed by atoms with Crippen molar-refractivity contribution in [3.63, 3.8) is 0 Å². The largest absolute Gasteiger partial charge is 0.494 e. The van der Waals surface area contributed by atoms with Crippen LogP contribution in [0.1, 0.15) is 24.1 Å². The fraction of sp³-hybridized carbons (Fsp3) is 0.250. The molecule has 2 aromatic carbocycles. The Hall–Kier alpha value is -1.51. The summed E-state index contributed by atoms with van der Waals surface area (Å²) in [6.45, 7) is 2.66. The highest BCUT2D eigenvalue weighted by atomic mass is 35.5. The molecule has 0 amide bonds. The fourth-order valence-corrected chi connectivity index (χ4v) is 2.36. The summed E-state index contributed by atoms with van der Waals surface area (Å²) in [5, 5.41) is 4.07. The number of rotatable bonds is 5. The number of benzene rings is 2. The SMILES string of the molecule is CCOc1cccc(C(NC)c2cccc(Cl)c2)c1. The van der Waals surface area contributed by atoms with Crippen molar-refractivity contribution < 1.29 is 4.74 Å². The van der Waals surface area contributed by atoms with Gasteiger partial charge < -0.3 is 10.1 Å². The smallest absolute Gasteiger partial charge is 0.119 e. The maximum absolute atomic E-state index is 6.06. The van der Waals surface area contributed by atoms with Crippen LogP contribution in [0.4, 0.5) is 0 Å². The minimum atomic E-state index is 0.110. The third kappa shape index (κ3) is 3.49. The summed E-state index contributed by atoms with van der Waals surface area (Å²) in [6.07, 6.45) is 0. The zero-order valence-corrected chi connectivity index (χ0v) is 11.9. The molecule has 0 fully saturated rings. The van der Waals surface area contributed by atoms with E-state index in [2.05, 4.69) is 23.5 Å².